The van der Waals surface area contributed by atoms with Crippen LogP contribution in [0.3, 0.4) is 0 Å². The molecule has 0 rings (SSSR count). The van der Waals surface area contributed by atoms with E-state index < -0.39 is 0 Å². The number of thioether (sulfide) groups is 1. The third kappa shape index (κ3) is 9.87. The molecular weight excluding hydrogens is 234 g/mol. The number of amides is 1. The molecule has 0 bridgehead atoms. The third-order valence-corrected chi connectivity index (χ3v) is 2.96. The predicted molar refractivity (Wildman–Crippen MR) is 74.0 cm³/mol. The molecule has 0 aliphatic heterocycles. The summed E-state index contributed by atoms with van der Waals surface area (Å²) in [5.74, 6) is 0.551. The second kappa shape index (κ2) is 10.1. The highest BCUT2D eigenvalue weighted by Crippen LogP contribution is 2.09. The zero-order valence-corrected chi connectivity index (χ0v) is 11.6. The average molecular weight is 255 g/mol. The lowest BCUT2D eigenvalue weighted by Crippen LogP contribution is -2.22. The van der Waals surface area contributed by atoms with E-state index in [0.717, 1.165) is 18.4 Å². The molecule has 0 aromatic carbocycles. The molecule has 3 nitrogen and oxygen atoms in total. The van der Waals surface area contributed by atoms with Gasteiger partial charge >= 0.3 is 0 Å². The first-order valence-corrected chi connectivity index (χ1v) is 6.81. The van der Waals surface area contributed by atoms with Gasteiger partial charge < -0.3 is 5.32 Å². The van der Waals surface area contributed by atoms with Crippen LogP contribution in [-0.4, -0.2) is 23.3 Å². The molecule has 96 valence electrons. The van der Waals surface area contributed by atoms with Gasteiger partial charge in [0.25, 0.3) is 0 Å². The Labute approximate surface area is 108 Å². The first-order chi connectivity index (χ1) is 8.07. The van der Waals surface area contributed by atoms with E-state index in [1.54, 1.807) is 0 Å². The fraction of sp³-hybridized carbons (Fsp3) is 0.538. The smallest absolute Gasteiger partial charge is 0.216 e. The molecule has 0 fully saturated rings. The molecule has 0 heterocycles. The summed E-state index contributed by atoms with van der Waals surface area (Å²) >= 11 is 1.23. The van der Waals surface area contributed by atoms with Crippen LogP contribution in [-0.2, 0) is 9.59 Å². The minimum atomic E-state index is -0.0622. The highest BCUT2D eigenvalue weighted by atomic mass is 32.2. The summed E-state index contributed by atoms with van der Waals surface area (Å²) in [6.07, 6.45) is 7.96. The molecule has 0 aliphatic carbocycles. The minimum absolute atomic E-state index is 0.0622. The summed E-state index contributed by atoms with van der Waals surface area (Å²) in [4.78, 5) is 22.2. The Morgan fingerprint density at radius 3 is 2.59 bits per heavy atom. The Balaban J connectivity index is 3.84. The number of nitrogens with one attached hydrogen (secondary N) is 1. The molecule has 4 heteroatoms. The van der Waals surface area contributed by atoms with Gasteiger partial charge in [0.2, 0.25) is 11.0 Å². The monoisotopic (exact) mass is 255 g/mol. The number of hydrogen-bond donors (Lipinski definition) is 1. The van der Waals surface area contributed by atoms with Crippen LogP contribution in [0.15, 0.2) is 23.8 Å². The minimum Gasteiger partial charge on any atom is -0.356 e. The highest BCUT2D eigenvalue weighted by molar-refractivity contribution is 8.14. The lowest BCUT2D eigenvalue weighted by molar-refractivity contribution is -0.118. The molecule has 0 atom stereocenters. The maximum Gasteiger partial charge on any atom is 0.216 e. The number of hydrogen-bond acceptors (Lipinski definition) is 3. The zero-order chi connectivity index (χ0) is 13.1. The summed E-state index contributed by atoms with van der Waals surface area (Å²) in [5.41, 5.74) is 0.741. The topological polar surface area (TPSA) is 46.2 Å². The Morgan fingerprint density at radius 1 is 1.29 bits per heavy atom. The van der Waals surface area contributed by atoms with E-state index in [1.807, 2.05) is 19.1 Å². The Hall–Kier alpha value is -1.03. The van der Waals surface area contributed by atoms with Gasteiger partial charge in [0.05, 0.1) is 0 Å². The fourth-order valence-electron chi connectivity index (χ4n) is 1.03. The van der Waals surface area contributed by atoms with Crippen molar-refractivity contribution >= 4 is 22.8 Å². The van der Waals surface area contributed by atoms with E-state index in [4.69, 9.17) is 0 Å². The molecule has 0 radical (unpaired) electrons. The average Bonchev–Trinajstić information content (AvgIpc) is 2.29. The van der Waals surface area contributed by atoms with Crippen molar-refractivity contribution in [1.82, 2.24) is 5.32 Å². The van der Waals surface area contributed by atoms with Gasteiger partial charge in [-0.1, -0.05) is 43.3 Å². The molecule has 1 N–H and O–H groups in total. The standard InChI is InChI=1S/C13H21NO2S/c1-4-5-6-7-8-11(2)13(16)17-10-9-14-12(3)15/h6-8H,4-5,9-10H2,1-3H3,(H,14,15)/b7-6+,11-8+. The van der Waals surface area contributed by atoms with Crippen LogP contribution in [0.25, 0.3) is 0 Å². The molecule has 0 aliphatic rings. The van der Waals surface area contributed by atoms with Gasteiger partial charge in [-0.05, 0) is 13.3 Å². The lowest BCUT2D eigenvalue weighted by atomic mass is 10.2. The van der Waals surface area contributed by atoms with Crippen molar-refractivity contribution in [2.45, 2.75) is 33.6 Å². The first-order valence-electron chi connectivity index (χ1n) is 5.83. The van der Waals surface area contributed by atoms with Crippen molar-refractivity contribution in [3.8, 4) is 0 Å². The second-order valence-electron chi connectivity index (χ2n) is 3.69. The molecular formula is C13H21NO2S. The fourth-order valence-corrected chi connectivity index (χ4v) is 1.71. The quantitative estimate of drug-likeness (QED) is 0.432. The van der Waals surface area contributed by atoms with Gasteiger partial charge in [0.1, 0.15) is 0 Å². The molecule has 1 amide bonds. The molecule has 0 unspecified atom stereocenters. The van der Waals surface area contributed by atoms with Gasteiger partial charge in [-0.2, -0.15) is 0 Å². The molecule has 0 aromatic heterocycles. The number of allylic oxidation sites excluding steroid dienone is 3. The SMILES string of the molecule is CCC/C=C/C=C(\C)C(=O)SCCNC(C)=O. The summed E-state index contributed by atoms with van der Waals surface area (Å²) in [6, 6.07) is 0. The van der Waals surface area contributed by atoms with Gasteiger partial charge in [-0.15, -0.1) is 0 Å². The van der Waals surface area contributed by atoms with E-state index in [2.05, 4.69) is 18.3 Å². The van der Waals surface area contributed by atoms with Crippen molar-refractivity contribution in [3.05, 3.63) is 23.8 Å². The van der Waals surface area contributed by atoms with Gasteiger partial charge in [-0.3, -0.25) is 9.59 Å². The largest absolute Gasteiger partial charge is 0.356 e. The molecule has 0 aromatic rings. The summed E-state index contributed by atoms with van der Waals surface area (Å²) < 4.78 is 0. The van der Waals surface area contributed by atoms with Crippen molar-refractivity contribution in [2.24, 2.45) is 0 Å². The highest BCUT2D eigenvalue weighted by Gasteiger charge is 2.03. The van der Waals surface area contributed by atoms with E-state index in [9.17, 15) is 9.59 Å². The molecule has 0 saturated heterocycles. The van der Waals surface area contributed by atoms with Crippen molar-refractivity contribution in [1.29, 1.82) is 0 Å². The molecule has 0 saturated carbocycles. The third-order valence-electron chi connectivity index (χ3n) is 1.97. The van der Waals surface area contributed by atoms with Gasteiger partial charge in [0, 0.05) is 24.8 Å². The number of unbranched alkanes of at least 4 members (excludes halogenated alkanes) is 1. The Morgan fingerprint density at radius 2 is 2.00 bits per heavy atom. The Kier molecular flexibility index (Phi) is 9.53. The maximum absolute atomic E-state index is 11.6. The van der Waals surface area contributed by atoms with E-state index >= 15 is 0 Å². The summed E-state index contributed by atoms with van der Waals surface area (Å²) in [7, 11) is 0. The number of carbonyl (C=O) groups excluding carboxylic acids is 2. The van der Waals surface area contributed by atoms with Crippen LogP contribution < -0.4 is 5.32 Å². The normalized spacial score (nSPS) is 11.8. The number of rotatable bonds is 7. The second-order valence-corrected chi connectivity index (χ2v) is 4.75. The zero-order valence-electron chi connectivity index (χ0n) is 10.8. The van der Waals surface area contributed by atoms with Crippen molar-refractivity contribution in [3.63, 3.8) is 0 Å². The summed E-state index contributed by atoms with van der Waals surface area (Å²) in [5, 5.41) is 2.72. The van der Waals surface area contributed by atoms with E-state index in [-0.39, 0.29) is 11.0 Å². The van der Waals surface area contributed by atoms with Crippen LogP contribution >= 0.6 is 11.8 Å². The number of carbonyl (C=O) groups is 2. The van der Waals surface area contributed by atoms with Crippen LogP contribution in [0, 0.1) is 0 Å². The van der Waals surface area contributed by atoms with Crippen LogP contribution in [0.4, 0.5) is 0 Å². The first kappa shape index (κ1) is 16.0. The molecule has 17 heavy (non-hydrogen) atoms. The van der Waals surface area contributed by atoms with E-state index in [1.165, 1.54) is 18.7 Å². The Bertz CT molecular complexity index is 309. The lowest BCUT2D eigenvalue weighted by Gasteiger charge is -2.01. The van der Waals surface area contributed by atoms with Crippen LogP contribution in [0.1, 0.15) is 33.6 Å². The van der Waals surface area contributed by atoms with Crippen LogP contribution in [0.2, 0.25) is 0 Å². The maximum atomic E-state index is 11.6. The van der Waals surface area contributed by atoms with Crippen molar-refractivity contribution in [2.75, 3.05) is 12.3 Å². The van der Waals surface area contributed by atoms with Gasteiger partial charge in [-0.25, -0.2) is 0 Å². The molecule has 0 spiro atoms. The summed E-state index contributed by atoms with van der Waals surface area (Å²) in [6.45, 7) is 5.93. The van der Waals surface area contributed by atoms with Crippen molar-refractivity contribution < 1.29 is 9.59 Å². The van der Waals surface area contributed by atoms with Gasteiger partial charge in [0.15, 0.2) is 0 Å². The van der Waals surface area contributed by atoms with E-state index in [0.29, 0.717) is 12.3 Å². The van der Waals surface area contributed by atoms with Crippen LogP contribution in [0.5, 0.6) is 0 Å². The predicted octanol–water partition coefficient (Wildman–Crippen LogP) is 2.68.